The van der Waals surface area contributed by atoms with E-state index < -0.39 is 0 Å². The first-order chi connectivity index (χ1) is 9.02. The minimum absolute atomic E-state index is 0.179. The highest BCUT2D eigenvalue weighted by molar-refractivity contribution is 5.75. The number of nitrogens with zero attached hydrogens (tertiary/aromatic N) is 2. The molecular formula is C15H25N3O. The molecule has 0 saturated carbocycles. The number of nitrogen functional groups attached to an aromatic ring is 1. The molecule has 0 fully saturated rings. The van der Waals surface area contributed by atoms with Crippen molar-refractivity contribution < 1.29 is 4.79 Å². The highest BCUT2D eigenvalue weighted by atomic mass is 16.2. The van der Waals surface area contributed by atoms with Crippen LogP contribution in [0.25, 0.3) is 0 Å². The molecule has 0 aliphatic rings. The molecule has 0 spiro atoms. The highest BCUT2D eigenvalue weighted by Crippen LogP contribution is 2.09. The van der Waals surface area contributed by atoms with Crippen LogP contribution in [0.4, 0.5) is 5.69 Å². The molecule has 1 rings (SSSR count). The zero-order valence-corrected chi connectivity index (χ0v) is 12.2. The predicted molar refractivity (Wildman–Crippen MR) is 79.7 cm³/mol. The van der Waals surface area contributed by atoms with Crippen molar-refractivity contribution in [2.45, 2.75) is 26.3 Å². The summed E-state index contributed by atoms with van der Waals surface area (Å²) >= 11 is 0. The molecule has 19 heavy (non-hydrogen) atoms. The third kappa shape index (κ3) is 5.75. The Hall–Kier alpha value is -1.55. The van der Waals surface area contributed by atoms with Gasteiger partial charge in [0.15, 0.2) is 0 Å². The number of nitrogens with two attached hydrogens (primary N) is 1. The SMILES string of the molecule is CCCN(CCC(=O)N(C)C)Cc1ccc(N)cc1. The van der Waals surface area contributed by atoms with Crippen LogP contribution in [-0.2, 0) is 11.3 Å². The van der Waals surface area contributed by atoms with Crippen LogP contribution < -0.4 is 5.73 Å². The van der Waals surface area contributed by atoms with Crippen molar-refractivity contribution in [2.24, 2.45) is 0 Å². The molecule has 2 N–H and O–H groups in total. The number of amides is 1. The van der Waals surface area contributed by atoms with Crippen molar-refractivity contribution in [2.75, 3.05) is 32.9 Å². The van der Waals surface area contributed by atoms with Gasteiger partial charge in [-0.25, -0.2) is 0 Å². The molecule has 0 atom stereocenters. The fourth-order valence-corrected chi connectivity index (χ4v) is 1.94. The maximum atomic E-state index is 11.6. The van der Waals surface area contributed by atoms with E-state index in [9.17, 15) is 4.79 Å². The third-order valence-corrected chi connectivity index (χ3v) is 3.07. The Morgan fingerprint density at radius 3 is 2.32 bits per heavy atom. The zero-order valence-electron chi connectivity index (χ0n) is 12.2. The third-order valence-electron chi connectivity index (χ3n) is 3.07. The molecule has 0 heterocycles. The summed E-state index contributed by atoms with van der Waals surface area (Å²) in [6.45, 7) is 4.83. The van der Waals surface area contributed by atoms with Gasteiger partial charge in [0, 0.05) is 39.3 Å². The Kier molecular flexibility index (Phi) is 6.36. The minimum atomic E-state index is 0.179. The normalized spacial score (nSPS) is 10.7. The van der Waals surface area contributed by atoms with E-state index in [4.69, 9.17) is 5.73 Å². The van der Waals surface area contributed by atoms with Crippen LogP contribution in [0.5, 0.6) is 0 Å². The molecule has 0 aliphatic heterocycles. The van der Waals surface area contributed by atoms with Gasteiger partial charge in [0.1, 0.15) is 0 Å². The minimum Gasteiger partial charge on any atom is -0.399 e. The zero-order chi connectivity index (χ0) is 14.3. The lowest BCUT2D eigenvalue weighted by atomic mass is 10.2. The van der Waals surface area contributed by atoms with E-state index in [1.807, 2.05) is 24.3 Å². The maximum absolute atomic E-state index is 11.6. The van der Waals surface area contributed by atoms with Crippen molar-refractivity contribution in [1.29, 1.82) is 0 Å². The summed E-state index contributed by atoms with van der Waals surface area (Å²) in [6, 6.07) is 7.94. The first-order valence-corrected chi connectivity index (χ1v) is 6.80. The molecule has 0 aromatic heterocycles. The summed E-state index contributed by atoms with van der Waals surface area (Å²) in [4.78, 5) is 15.6. The average molecular weight is 263 g/mol. The number of rotatable bonds is 7. The Morgan fingerprint density at radius 2 is 1.79 bits per heavy atom. The smallest absolute Gasteiger partial charge is 0.223 e. The molecular weight excluding hydrogens is 238 g/mol. The van der Waals surface area contributed by atoms with Crippen LogP contribution >= 0.6 is 0 Å². The summed E-state index contributed by atoms with van der Waals surface area (Å²) in [5, 5.41) is 0. The van der Waals surface area contributed by atoms with Gasteiger partial charge < -0.3 is 10.6 Å². The summed E-state index contributed by atoms with van der Waals surface area (Å²) in [7, 11) is 3.60. The predicted octanol–water partition coefficient (Wildman–Crippen LogP) is 1.96. The highest BCUT2D eigenvalue weighted by Gasteiger charge is 2.09. The van der Waals surface area contributed by atoms with Crippen LogP contribution in [0.15, 0.2) is 24.3 Å². The van der Waals surface area contributed by atoms with E-state index in [1.165, 1.54) is 5.56 Å². The van der Waals surface area contributed by atoms with E-state index in [0.717, 1.165) is 31.7 Å². The van der Waals surface area contributed by atoms with Gasteiger partial charge in [0.25, 0.3) is 0 Å². The number of benzene rings is 1. The Morgan fingerprint density at radius 1 is 1.16 bits per heavy atom. The van der Waals surface area contributed by atoms with Crippen molar-refractivity contribution in [3.8, 4) is 0 Å². The topological polar surface area (TPSA) is 49.6 Å². The molecule has 0 radical (unpaired) electrons. The summed E-state index contributed by atoms with van der Waals surface area (Å²) < 4.78 is 0. The van der Waals surface area contributed by atoms with Crippen molar-refractivity contribution in [3.63, 3.8) is 0 Å². The molecule has 0 bridgehead atoms. The van der Waals surface area contributed by atoms with E-state index in [-0.39, 0.29) is 5.91 Å². The van der Waals surface area contributed by atoms with Crippen LogP contribution in [0.2, 0.25) is 0 Å². The molecule has 4 heteroatoms. The monoisotopic (exact) mass is 263 g/mol. The number of carbonyl (C=O) groups excluding carboxylic acids is 1. The molecule has 0 unspecified atom stereocenters. The van der Waals surface area contributed by atoms with Gasteiger partial charge in [-0.2, -0.15) is 0 Å². The van der Waals surface area contributed by atoms with E-state index in [1.54, 1.807) is 19.0 Å². The lowest BCUT2D eigenvalue weighted by molar-refractivity contribution is -0.129. The molecule has 0 aliphatic carbocycles. The van der Waals surface area contributed by atoms with Crippen LogP contribution in [-0.4, -0.2) is 42.9 Å². The summed E-state index contributed by atoms with van der Waals surface area (Å²) in [5.41, 5.74) is 7.71. The summed E-state index contributed by atoms with van der Waals surface area (Å²) in [5.74, 6) is 0.179. The standard InChI is InChI=1S/C15H25N3O/c1-4-10-18(11-9-15(19)17(2)3)12-13-5-7-14(16)8-6-13/h5-8H,4,9-12,16H2,1-3H3. The Labute approximate surface area is 116 Å². The number of hydrogen-bond donors (Lipinski definition) is 1. The lowest BCUT2D eigenvalue weighted by Crippen LogP contribution is -2.30. The molecule has 1 aromatic rings. The van der Waals surface area contributed by atoms with Crippen molar-refractivity contribution >= 4 is 11.6 Å². The maximum Gasteiger partial charge on any atom is 0.223 e. The number of anilines is 1. The van der Waals surface area contributed by atoms with Gasteiger partial charge in [0.2, 0.25) is 5.91 Å². The van der Waals surface area contributed by atoms with Crippen molar-refractivity contribution in [3.05, 3.63) is 29.8 Å². The fourth-order valence-electron chi connectivity index (χ4n) is 1.94. The second kappa shape index (κ2) is 7.79. The van der Waals surface area contributed by atoms with Gasteiger partial charge in [-0.05, 0) is 30.7 Å². The fraction of sp³-hybridized carbons (Fsp3) is 0.533. The Bertz CT molecular complexity index is 387. The molecule has 4 nitrogen and oxygen atoms in total. The van der Waals surface area contributed by atoms with Crippen LogP contribution in [0, 0.1) is 0 Å². The largest absolute Gasteiger partial charge is 0.399 e. The summed E-state index contributed by atoms with van der Waals surface area (Å²) in [6.07, 6.45) is 1.66. The molecule has 106 valence electrons. The second-order valence-electron chi connectivity index (χ2n) is 5.06. The quantitative estimate of drug-likeness (QED) is 0.765. The lowest BCUT2D eigenvalue weighted by Gasteiger charge is -2.22. The second-order valence-corrected chi connectivity index (χ2v) is 5.06. The van der Waals surface area contributed by atoms with E-state index in [2.05, 4.69) is 11.8 Å². The van der Waals surface area contributed by atoms with E-state index in [0.29, 0.717) is 6.42 Å². The van der Waals surface area contributed by atoms with E-state index >= 15 is 0 Å². The number of carbonyl (C=O) groups is 1. The molecule has 0 saturated heterocycles. The number of hydrogen-bond acceptors (Lipinski definition) is 3. The van der Waals surface area contributed by atoms with Gasteiger partial charge in [-0.15, -0.1) is 0 Å². The van der Waals surface area contributed by atoms with Crippen molar-refractivity contribution in [1.82, 2.24) is 9.80 Å². The molecule has 1 amide bonds. The van der Waals surface area contributed by atoms with Crippen LogP contribution in [0.3, 0.4) is 0 Å². The van der Waals surface area contributed by atoms with Gasteiger partial charge in [-0.3, -0.25) is 9.69 Å². The molecule has 1 aromatic carbocycles. The average Bonchev–Trinajstić information content (AvgIpc) is 2.38. The van der Waals surface area contributed by atoms with Gasteiger partial charge in [0.05, 0.1) is 0 Å². The van der Waals surface area contributed by atoms with Crippen LogP contribution in [0.1, 0.15) is 25.3 Å². The first-order valence-electron chi connectivity index (χ1n) is 6.80. The Balaban J connectivity index is 2.52. The first kappa shape index (κ1) is 15.5. The van der Waals surface area contributed by atoms with Gasteiger partial charge in [-0.1, -0.05) is 19.1 Å². The van der Waals surface area contributed by atoms with Gasteiger partial charge >= 0.3 is 0 Å².